The van der Waals surface area contributed by atoms with Crippen LogP contribution in [-0.4, -0.2) is 11.0 Å². The molecule has 0 aliphatic heterocycles. The molecule has 2 heteroatoms. The summed E-state index contributed by atoms with van der Waals surface area (Å²) in [4.78, 5) is 4.39. The molecule has 0 amide bonds. The van der Waals surface area contributed by atoms with E-state index in [1.807, 2.05) is 12.3 Å². The molecule has 1 aliphatic carbocycles. The van der Waals surface area contributed by atoms with E-state index in [0.29, 0.717) is 6.04 Å². The Labute approximate surface area is 92.1 Å². The van der Waals surface area contributed by atoms with Crippen LogP contribution in [0.25, 0.3) is 0 Å². The van der Waals surface area contributed by atoms with Gasteiger partial charge in [0, 0.05) is 12.2 Å². The van der Waals surface area contributed by atoms with E-state index in [2.05, 4.69) is 23.3 Å². The van der Waals surface area contributed by atoms with Crippen LogP contribution >= 0.6 is 0 Å². The van der Waals surface area contributed by atoms with Gasteiger partial charge < -0.3 is 5.32 Å². The summed E-state index contributed by atoms with van der Waals surface area (Å²) in [5.74, 6) is 1.07. The predicted octanol–water partition coefficient (Wildman–Crippen LogP) is 3.52. The summed E-state index contributed by atoms with van der Waals surface area (Å²) in [5.41, 5.74) is 1.25. The van der Waals surface area contributed by atoms with E-state index in [1.54, 1.807) is 0 Å². The first-order chi connectivity index (χ1) is 7.36. The summed E-state index contributed by atoms with van der Waals surface area (Å²) in [5, 5.41) is 3.58. The predicted molar refractivity (Wildman–Crippen MR) is 64.1 cm³/mol. The maximum Gasteiger partial charge on any atom is 0.129 e. The van der Waals surface area contributed by atoms with E-state index in [-0.39, 0.29) is 0 Å². The van der Waals surface area contributed by atoms with Crippen LogP contribution < -0.4 is 5.32 Å². The molecule has 1 aromatic rings. The molecule has 82 valence electrons. The van der Waals surface area contributed by atoms with Gasteiger partial charge in [-0.2, -0.15) is 0 Å². The molecule has 0 spiro atoms. The summed E-state index contributed by atoms with van der Waals surface area (Å²) in [6.07, 6.45) is 10.0. The molecule has 0 radical (unpaired) electrons. The lowest BCUT2D eigenvalue weighted by molar-refractivity contribution is 0.617. The number of hydrogen-bond acceptors (Lipinski definition) is 2. The van der Waals surface area contributed by atoms with Crippen molar-refractivity contribution in [3.05, 3.63) is 23.9 Å². The van der Waals surface area contributed by atoms with Crippen molar-refractivity contribution in [2.24, 2.45) is 0 Å². The highest BCUT2D eigenvalue weighted by molar-refractivity contribution is 5.43. The van der Waals surface area contributed by atoms with Crippen molar-refractivity contribution in [3.8, 4) is 0 Å². The molecular weight excluding hydrogens is 184 g/mol. The molecule has 1 heterocycles. The van der Waals surface area contributed by atoms with Crippen LogP contribution in [0.2, 0.25) is 0 Å². The molecule has 1 saturated carbocycles. The third-order valence-electron chi connectivity index (χ3n) is 3.21. The molecule has 2 nitrogen and oxygen atoms in total. The molecule has 0 saturated heterocycles. The van der Waals surface area contributed by atoms with Crippen LogP contribution in [0.1, 0.15) is 44.1 Å². The van der Waals surface area contributed by atoms with Crippen LogP contribution in [0.5, 0.6) is 0 Å². The molecule has 2 rings (SSSR count). The minimum absolute atomic E-state index is 0.640. The molecule has 0 bridgehead atoms. The Bertz CT molecular complexity index is 301. The topological polar surface area (TPSA) is 24.9 Å². The number of anilines is 1. The van der Waals surface area contributed by atoms with E-state index in [1.165, 1.54) is 44.1 Å². The Kier molecular flexibility index (Phi) is 3.59. The first-order valence-corrected chi connectivity index (χ1v) is 6.04. The van der Waals surface area contributed by atoms with E-state index in [0.717, 1.165) is 5.82 Å². The van der Waals surface area contributed by atoms with Crippen LogP contribution in [-0.2, 0) is 0 Å². The molecule has 1 N–H and O–H groups in total. The Balaban J connectivity index is 1.98. The van der Waals surface area contributed by atoms with Crippen LogP contribution in [0, 0.1) is 6.92 Å². The van der Waals surface area contributed by atoms with Gasteiger partial charge in [-0.15, -0.1) is 0 Å². The summed E-state index contributed by atoms with van der Waals surface area (Å²) >= 11 is 0. The van der Waals surface area contributed by atoms with E-state index in [4.69, 9.17) is 0 Å². The molecule has 1 aromatic heterocycles. The second-order valence-corrected chi connectivity index (χ2v) is 4.50. The highest BCUT2D eigenvalue weighted by Crippen LogP contribution is 2.21. The Morgan fingerprint density at radius 1 is 1.20 bits per heavy atom. The van der Waals surface area contributed by atoms with Gasteiger partial charge in [0.15, 0.2) is 0 Å². The molecular formula is C13H20N2. The zero-order chi connectivity index (χ0) is 10.5. The minimum atomic E-state index is 0.640. The zero-order valence-electron chi connectivity index (χ0n) is 9.50. The normalized spacial score (nSPS) is 18.5. The van der Waals surface area contributed by atoms with Gasteiger partial charge in [-0.25, -0.2) is 4.98 Å². The van der Waals surface area contributed by atoms with Gasteiger partial charge >= 0.3 is 0 Å². The summed E-state index contributed by atoms with van der Waals surface area (Å²) < 4.78 is 0. The Morgan fingerprint density at radius 2 is 1.93 bits per heavy atom. The van der Waals surface area contributed by atoms with Crippen LogP contribution in [0.3, 0.4) is 0 Å². The number of nitrogens with zero attached hydrogens (tertiary/aromatic N) is 1. The van der Waals surface area contributed by atoms with Crippen molar-refractivity contribution in [1.82, 2.24) is 4.98 Å². The monoisotopic (exact) mass is 204 g/mol. The average Bonchev–Trinajstić information content (AvgIpc) is 2.50. The van der Waals surface area contributed by atoms with E-state index < -0.39 is 0 Å². The van der Waals surface area contributed by atoms with Crippen molar-refractivity contribution >= 4 is 5.82 Å². The van der Waals surface area contributed by atoms with Crippen molar-refractivity contribution in [3.63, 3.8) is 0 Å². The largest absolute Gasteiger partial charge is 0.367 e. The van der Waals surface area contributed by atoms with Gasteiger partial charge in [0.05, 0.1) is 0 Å². The lowest BCUT2D eigenvalue weighted by Crippen LogP contribution is -2.19. The van der Waals surface area contributed by atoms with Crippen LogP contribution in [0.4, 0.5) is 5.82 Å². The molecule has 15 heavy (non-hydrogen) atoms. The van der Waals surface area contributed by atoms with Gasteiger partial charge in [-0.1, -0.05) is 31.7 Å². The fourth-order valence-electron chi connectivity index (χ4n) is 2.25. The van der Waals surface area contributed by atoms with E-state index >= 15 is 0 Å². The third-order valence-corrected chi connectivity index (χ3v) is 3.21. The van der Waals surface area contributed by atoms with Gasteiger partial charge in [0.1, 0.15) is 5.82 Å². The molecule has 1 aliphatic rings. The maximum absolute atomic E-state index is 4.39. The minimum Gasteiger partial charge on any atom is -0.367 e. The average molecular weight is 204 g/mol. The Morgan fingerprint density at radius 3 is 2.60 bits per heavy atom. The lowest BCUT2D eigenvalue weighted by Gasteiger charge is -2.17. The van der Waals surface area contributed by atoms with Crippen molar-refractivity contribution in [2.75, 3.05) is 5.32 Å². The number of nitrogens with one attached hydrogen (secondary N) is 1. The molecule has 0 unspecified atom stereocenters. The smallest absolute Gasteiger partial charge is 0.129 e. The second-order valence-electron chi connectivity index (χ2n) is 4.50. The summed E-state index contributed by atoms with van der Waals surface area (Å²) in [7, 11) is 0. The Hall–Kier alpha value is -1.05. The van der Waals surface area contributed by atoms with Gasteiger partial charge in [0.2, 0.25) is 0 Å². The standard InChI is InChI=1S/C13H20N2/c1-11-7-6-10-14-13(11)15-12-8-4-2-3-5-9-12/h6-7,10,12H,2-5,8-9H2,1H3,(H,14,15). The van der Waals surface area contributed by atoms with Crippen molar-refractivity contribution < 1.29 is 0 Å². The zero-order valence-corrected chi connectivity index (χ0v) is 9.50. The SMILES string of the molecule is Cc1cccnc1NC1CCCCCC1. The first-order valence-electron chi connectivity index (χ1n) is 6.04. The van der Waals surface area contributed by atoms with Crippen molar-refractivity contribution in [1.29, 1.82) is 0 Å². The number of aryl methyl sites for hydroxylation is 1. The number of pyridine rings is 1. The van der Waals surface area contributed by atoms with Gasteiger partial charge in [-0.05, 0) is 31.4 Å². The second kappa shape index (κ2) is 5.15. The fourth-order valence-corrected chi connectivity index (χ4v) is 2.25. The first kappa shape index (κ1) is 10.5. The number of aromatic nitrogens is 1. The van der Waals surface area contributed by atoms with Gasteiger partial charge in [0.25, 0.3) is 0 Å². The lowest BCUT2D eigenvalue weighted by atomic mass is 10.1. The number of rotatable bonds is 2. The third kappa shape index (κ3) is 2.95. The highest BCUT2D eigenvalue weighted by atomic mass is 15.0. The quantitative estimate of drug-likeness (QED) is 0.745. The number of hydrogen-bond donors (Lipinski definition) is 1. The van der Waals surface area contributed by atoms with Gasteiger partial charge in [-0.3, -0.25) is 0 Å². The van der Waals surface area contributed by atoms with Crippen molar-refractivity contribution in [2.45, 2.75) is 51.5 Å². The summed E-state index contributed by atoms with van der Waals surface area (Å²) in [6, 6.07) is 4.75. The summed E-state index contributed by atoms with van der Waals surface area (Å²) in [6.45, 7) is 2.12. The fraction of sp³-hybridized carbons (Fsp3) is 0.615. The molecule has 0 atom stereocenters. The van der Waals surface area contributed by atoms with E-state index in [9.17, 15) is 0 Å². The highest BCUT2D eigenvalue weighted by Gasteiger charge is 2.12. The molecule has 1 fully saturated rings. The molecule has 0 aromatic carbocycles. The maximum atomic E-state index is 4.39. The van der Waals surface area contributed by atoms with Crippen LogP contribution in [0.15, 0.2) is 18.3 Å².